The maximum Gasteiger partial charge on any atom is 0.461 e. The first-order valence-electron chi connectivity index (χ1n) is 8.67. The number of carbonyl (C=O) groups is 1. The van der Waals surface area contributed by atoms with Gasteiger partial charge in [-0.25, -0.2) is 14.6 Å². The van der Waals surface area contributed by atoms with Gasteiger partial charge in [-0.3, -0.25) is 10.1 Å². The molecule has 0 saturated carbocycles. The summed E-state index contributed by atoms with van der Waals surface area (Å²) in [5.74, 6) is -9.25. The van der Waals surface area contributed by atoms with Crippen molar-refractivity contribution in [2.45, 2.75) is 25.6 Å². The Kier molecular flexibility index (Phi) is 7.51. The number of aromatic hydroxyl groups is 1. The molecule has 0 bridgehead atoms. The molecule has 2 aromatic heterocycles. The molecule has 1 amide bonds. The van der Waals surface area contributed by atoms with E-state index in [1.54, 1.807) is 0 Å². The van der Waals surface area contributed by atoms with Crippen LogP contribution in [0.3, 0.4) is 0 Å². The van der Waals surface area contributed by atoms with E-state index in [2.05, 4.69) is 25.4 Å². The molecule has 174 valence electrons. The molecule has 1 aromatic carbocycles. The summed E-state index contributed by atoms with van der Waals surface area (Å²) >= 11 is 0. The fourth-order valence-electron chi connectivity index (χ4n) is 2.36. The van der Waals surface area contributed by atoms with Gasteiger partial charge in [0.1, 0.15) is 18.1 Å². The van der Waals surface area contributed by atoms with Crippen LogP contribution >= 0.6 is 0 Å². The Hall–Kier alpha value is -4.26. The maximum absolute atomic E-state index is 13.7. The minimum atomic E-state index is -5.95. The van der Waals surface area contributed by atoms with E-state index in [0.717, 1.165) is 0 Å². The molecule has 3 aromatic rings. The number of nitrogens with zero attached hydrogens (tertiary/aromatic N) is 5. The molecule has 0 radical (unpaired) electrons. The lowest BCUT2D eigenvalue weighted by atomic mass is 10.1. The van der Waals surface area contributed by atoms with Gasteiger partial charge >= 0.3 is 18.3 Å². The number of alkyl halides is 5. The van der Waals surface area contributed by atoms with Crippen molar-refractivity contribution in [1.82, 2.24) is 24.7 Å². The van der Waals surface area contributed by atoms with Gasteiger partial charge in [-0.15, -0.1) is 5.10 Å². The van der Waals surface area contributed by atoms with Crippen molar-refractivity contribution >= 4 is 18.0 Å². The van der Waals surface area contributed by atoms with Crippen LogP contribution in [0, 0.1) is 6.92 Å². The van der Waals surface area contributed by atoms with E-state index in [4.69, 9.17) is 9.59 Å². The van der Waals surface area contributed by atoms with Gasteiger partial charge in [0.15, 0.2) is 0 Å². The first kappa shape index (κ1) is 25.0. The zero-order chi connectivity index (χ0) is 24.8. The van der Waals surface area contributed by atoms with Gasteiger partial charge in [-0.05, 0) is 24.6 Å². The quantitative estimate of drug-likeness (QED) is 0.540. The van der Waals surface area contributed by atoms with Crippen LogP contribution in [0.5, 0.6) is 5.75 Å². The number of nitrogens with one attached hydrogen (secondary N) is 1. The monoisotopic (exact) mass is 472 g/mol. The molecule has 0 saturated heterocycles. The summed E-state index contributed by atoms with van der Waals surface area (Å²) in [6, 6.07) is 5.68. The molecule has 0 fully saturated rings. The van der Waals surface area contributed by atoms with Crippen molar-refractivity contribution in [3.8, 4) is 5.75 Å². The molecule has 0 aliphatic rings. The number of anilines is 1. The van der Waals surface area contributed by atoms with E-state index in [9.17, 15) is 31.9 Å². The number of phenolic OH excluding ortho intramolecular Hbond substituents is 1. The molecule has 2 N–H and O–H groups in total. The Balaban J connectivity index is 0.00000122. The topological polar surface area (TPSA) is 140 Å². The standard InChI is InChI=1S/C17H13F5N6O2.CO2/c1-9-4-2-5-10(12(9)29)13(30)25-15-26-14(16(18,19)17(20,21)22)27-28(15)8-11-23-6-3-7-24-11;2-1-3/h2-7,29H,8H2,1H3,(H,25,26,27,30);. The number of amides is 1. The van der Waals surface area contributed by atoms with Crippen LogP contribution in [0.2, 0.25) is 0 Å². The molecule has 0 aliphatic carbocycles. The van der Waals surface area contributed by atoms with Gasteiger partial charge in [-0.2, -0.15) is 36.5 Å². The Bertz CT molecular complexity index is 1160. The average molecular weight is 472 g/mol. The number of benzene rings is 1. The fraction of sp³-hybridized carbons (Fsp3) is 0.222. The second-order valence-corrected chi connectivity index (χ2v) is 6.16. The highest BCUT2D eigenvalue weighted by Gasteiger charge is 2.62. The lowest BCUT2D eigenvalue weighted by Crippen LogP contribution is -2.35. The third-order valence-electron chi connectivity index (χ3n) is 3.93. The fourth-order valence-corrected chi connectivity index (χ4v) is 2.36. The van der Waals surface area contributed by atoms with Gasteiger partial charge in [0.05, 0.1) is 5.56 Å². The van der Waals surface area contributed by atoms with Gasteiger partial charge in [0.2, 0.25) is 11.8 Å². The van der Waals surface area contributed by atoms with E-state index in [-0.39, 0.29) is 23.3 Å². The lowest BCUT2D eigenvalue weighted by Gasteiger charge is -2.15. The van der Waals surface area contributed by atoms with Crippen molar-refractivity contribution < 1.29 is 41.4 Å². The van der Waals surface area contributed by atoms with Crippen LogP contribution in [0.15, 0.2) is 36.7 Å². The Labute approximate surface area is 181 Å². The Morgan fingerprint density at radius 1 is 1.12 bits per heavy atom. The number of carbonyl (C=O) groups excluding carboxylic acids is 3. The molecule has 3 rings (SSSR count). The average Bonchev–Trinajstić information content (AvgIpc) is 3.13. The van der Waals surface area contributed by atoms with E-state index in [1.807, 2.05) is 0 Å². The van der Waals surface area contributed by atoms with Crippen molar-refractivity contribution in [3.63, 3.8) is 0 Å². The molecule has 15 heteroatoms. The Morgan fingerprint density at radius 2 is 1.73 bits per heavy atom. The van der Waals surface area contributed by atoms with Crippen LogP contribution in [-0.2, 0) is 22.1 Å². The van der Waals surface area contributed by atoms with E-state index >= 15 is 0 Å². The van der Waals surface area contributed by atoms with Crippen LogP contribution in [0.1, 0.15) is 27.6 Å². The molecular formula is C18H13F5N6O4. The smallest absolute Gasteiger partial charge is 0.461 e. The highest BCUT2D eigenvalue weighted by molar-refractivity contribution is 6.05. The number of hydrogen-bond donors (Lipinski definition) is 2. The van der Waals surface area contributed by atoms with Gasteiger partial charge in [0.25, 0.3) is 5.91 Å². The van der Waals surface area contributed by atoms with Crippen LogP contribution < -0.4 is 5.32 Å². The number of aryl methyl sites for hydroxylation is 1. The molecule has 2 heterocycles. The third-order valence-corrected chi connectivity index (χ3v) is 3.93. The summed E-state index contributed by atoms with van der Waals surface area (Å²) in [7, 11) is 0. The zero-order valence-electron chi connectivity index (χ0n) is 16.5. The van der Waals surface area contributed by atoms with Crippen molar-refractivity contribution in [2.75, 3.05) is 5.32 Å². The normalized spacial score (nSPS) is 11.2. The lowest BCUT2D eigenvalue weighted by molar-refractivity contribution is -0.292. The number of aromatic nitrogens is 5. The zero-order valence-corrected chi connectivity index (χ0v) is 16.5. The SMILES string of the molecule is Cc1cccc(C(=O)Nc2nc(C(F)(F)C(F)(F)F)nn2Cc2ncccn2)c1O.O=C=O. The minimum Gasteiger partial charge on any atom is -0.507 e. The van der Waals surface area contributed by atoms with E-state index in [1.165, 1.54) is 43.6 Å². The largest absolute Gasteiger partial charge is 0.507 e. The highest BCUT2D eigenvalue weighted by atomic mass is 19.4. The summed E-state index contributed by atoms with van der Waals surface area (Å²) in [4.78, 5) is 39.6. The first-order chi connectivity index (χ1) is 15.4. The third kappa shape index (κ3) is 5.71. The number of para-hydroxylation sites is 1. The molecular weight excluding hydrogens is 459 g/mol. The number of hydrogen-bond acceptors (Lipinski definition) is 8. The number of rotatable bonds is 5. The highest BCUT2D eigenvalue weighted by Crippen LogP contribution is 2.42. The van der Waals surface area contributed by atoms with Gasteiger partial charge in [0, 0.05) is 12.4 Å². The molecule has 0 spiro atoms. The van der Waals surface area contributed by atoms with E-state index < -0.39 is 36.3 Å². The molecule has 0 aliphatic heterocycles. The summed E-state index contributed by atoms with van der Waals surface area (Å²) in [5.41, 5.74) is 0.121. The summed E-state index contributed by atoms with van der Waals surface area (Å²) in [6.45, 7) is 1.07. The summed E-state index contributed by atoms with van der Waals surface area (Å²) in [5, 5.41) is 15.3. The van der Waals surface area contributed by atoms with Crippen LogP contribution in [-0.4, -0.2) is 48.1 Å². The summed E-state index contributed by atoms with van der Waals surface area (Å²) in [6.07, 6.45) is -3.04. The first-order valence-corrected chi connectivity index (χ1v) is 8.67. The van der Waals surface area contributed by atoms with Gasteiger partial charge in [-0.1, -0.05) is 12.1 Å². The summed E-state index contributed by atoms with van der Waals surface area (Å²) < 4.78 is 66.2. The molecule has 10 nitrogen and oxygen atoms in total. The van der Waals surface area contributed by atoms with Gasteiger partial charge < -0.3 is 5.11 Å². The molecule has 0 atom stereocenters. The van der Waals surface area contributed by atoms with Crippen LogP contribution in [0.25, 0.3) is 0 Å². The van der Waals surface area contributed by atoms with Crippen molar-refractivity contribution in [2.24, 2.45) is 0 Å². The van der Waals surface area contributed by atoms with Crippen molar-refractivity contribution in [3.05, 3.63) is 59.4 Å². The minimum absolute atomic E-state index is 0.0261. The second-order valence-electron chi connectivity index (χ2n) is 6.16. The second kappa shape index (κ2) is 9.91. The predicted molar refractivity (Wildman–Crippen MR) is 96.9 cm³/mol. The molecule has 0 unspecified atom stereocenters. The maximum atomic E-state index is 13.7. The van der Waals surface area contributed by atoms with E-state index in [0.29, 0.717) is 10.2 Å². The number of halogens is 5. The molecule has 33 heavy (non-hydrogen) atoms. The van der Waals surface area contributed by atoms with Crippen molar-refractivity contribution in [1.29, 1.82) is 0 Å². The van der Waals surface area contributed by atoms with Crippen LogP contribution in [0.4, 0.5) is 27.9 Å². The predicted octanol–water partition coefficient (Wildman–Crippen LogP) is 2.45. The Morgan fingerprint density at radius 3 is 2.30 bits per heavy atom. The number of phenols is 1.